The molecule has 3 heteroatoms. The van der Waals surface area contributed by atoms with Crippen molar-refractivity contribution >= 4 is 22.8 Å². The average molecular weight is 326 g/mol. The molecule has 128 valence electrons. The minimum absolute atomic E-state index is 0.761. The molecule has 0 fully saturated rings. The monoisotopic (exact) mass is 326 g/mol. The van der Waals surface area contributed by atoms with Crippen LogP contribution in [0.1, 0.15) is 51.0 Å². The molecule has 3 nitrogen and oxygen atoms in total. The number of carboxylic acids is 1. The lowest BCUT2D eigenvalue weighted by atomic mass is 10.1. The smallest absolute Gasteiger partial charge is 0.328 e. The van der Waals surface area contributed by atoms with E-state index in [9.17, 15) is 4.79 Å². The Labute approximate surface area is 144 Å². The first-order valence-corrected chi connectivity index (χ1v) is 8.76. The molecule has 0 aliphatic rings. The van der Waals surface area contributed by atoms with Crippen molar-refractivity contribution in [2.45, 2.75) is 45.4 Å². The molecule has 0 radical (unpaired) electrons. The van der Waals surface area contributed by atoms with E-state index in [1.807, 2.05) is 36.4 Å². The summed E-state index contributed by atoms with van der Waals surface area (Å²) in [5, 5.41) is 10.9. The van der Waals surface area contributed by atoms with Gasteiger partial charge >= 0.3 is 5.97 Å². The number of hydrogen-bond donors (Lipinski definition) is 1. The van der Waals surface area contributed by atoms with Crippen molar-refractivity contribution < 1.29 is 14.6 Å². The summed E-state index contributed by atoms with van der Waals surface area (Å²) in [5.41, 5.74) is 0.880. The third-order valence-electron chi connectivity index (χ3n) is 4.02. The fourth-order valence-corrected chi connectivity index (χ4v) is 2.68. The predicted molar refractivity (Wildman–Crippen MR) is 99.5 cm³/mol. The molecular formula is C21H26O3. The van der Waals surface area contributed by atoms with Crippen molar-refractivity contribution in [2.24, 2.45) is 0 Å². The second-order valence-electron chi connectivity index (χ2n) is 6.06. The van der Waals surface area contributed by atoms with Crippen LogP contribution in [0.25, 0.3) is 16.8 Å². The first-order valence-electron chi connectivity index (χ1n) is 8.76. The molecule has 0 aliphatic carbocycles. The third-order valence-corrected chi connectivity index (χ3v) is 4.02. The number of aliphatic carboxylic acids is 1. The Balaban J connectivity index is 1.87. The molecular weight excluding hydrogens is 300 g/mol. The molecule has 0 saturated heterocycles. The molecule has 2 aromatic carbocycles. The van der Waals surface area contributed by atoms with E-state index in [1.54, 1.807) is 6.08 Å². The van der Waals surface area contributed by atoms with Crippen molar-refractivity contribution in [3.63, 3.8) is 0 Å². The average Bonchev–Trinajstić information content (AvgIpc) is 2.59. The fourth-order valence-electron chi connectivity index (χ4n) is 2.68. The van der Waals surface area contributed by atoms with Gasteiger partial charge in [0.25, 0.3) is 0 Å². The summed E-state index contributed by atoms with van der Waals surface area (Å²) in [6.07, 6.45) is 10.3. The lowest BCUT2D eigenvalue weighted by Gasteiger charge is -2.08. The molecule has 0 aromatic heterocycles. The van der Waals surface area contributed by atoms with Gasteiger partial charge in [0.2, 0.25) is 0 Å². The normalized spacial score (nSPS) is 11.2. The van der Waals surface area contributed by atoms with E-state index in [2.05, 4.69) is 6.92 Å². The van der Waals surface area contributed by atoms with Crippen molar-refractivity contribution in [3.8, 4) is 5.75 Å². The number of benzene rings is 2. The second-order valence-corrected chi connectivity index (χ2v) is 6.06. The van der Waals surface area contributed by atoms with E-state index < -0.39 is 5.97 Å². The third kappa shape index (κ3) is 6.07. The summed E-state index contributed by atoms with van der Waals surface area (Å²) < 4.78 is 5.84. The van der Waals surface area contributed by atoms with Crippen LogP contribution in [-0.4, -0.2) is 17.7 Å². The number of fused-ring (bicyclic) bond motifs is 1. The molecule has 0 unspecified atom stereocenters. The molecule has 0 saturated carbocycles. The molecule has 1 N–H and O–H groups in total. The summed E-state index contributed by atoms with van der Waals surface area (Å²) >= 11 is 0. The molecule has 0 spiro atoms. The van der Waals surface area contributed by atoms with Gasteiger partial charge in [-0.2, -0.15) is 0 Å². The van der Waals surface area contributed by atoms with Crippen LogP contribution in [0.2, 0.25) is 0 Å². The Morgan fingerprint density at radius 1 is 1.00 bits per heavy atom. The number of rotatable bonds is 10. The summed E-state index contributed by atoms with van der Waals surface area (Å²) in [6.45, 7) is 2.99. The molecule has 0 atom stereocenters. The van der Waals surface area contributed by atoms with Crippen molar-refractivity contribution in [3.05, 3.63) is 48.0 Å². The fraction of sp³-hybridized carbons (Fsp3) is 0.381. The number of hydrogen-bond acceptors (Lipinski definition) is 2. The molecule has 0 heterocycles. The maximum absolute atomic E-state index is 10.6. The summed E-state index contributed by atoms with van der Waals surface area (Å²) in [4.78, 5) is 10.6. The van der Waals surface area contributed by atoms with Gasteiger partial charge in [-0.3, -0.25) is 0 Å². The number of unbranched alkanes of at least 4 members (excludes halogenated alkanes) is 5. The highest BCUT2D eigenvalue weighted by atomic mass is 16.5. The Kier molecular flexibility index (Phi) is 7.34. The molecule has 24 heavy (non-hydrogen) atoms. The zero-order chi connectivity index (χ0) is 17.2. The standard InChI is InChI=1S/C21H26O3/c1-2-3-4-5-6-7-14-24-20-12-11-18-15-17(9-13-21(22)23)8-10-19(18)16-20/h8-13,15-16H,2-7,14H2,1H3,(H,22,23). The first kappa shape index (κ1) is 18.1. The van der Waals surface area contributed by atoms with E-state index >= 15 is 0 Å². The van der Waals surface area contributed by atoms with E-state index in [0.29, 0.717) is 0 Å². The van der Waals surface area contributed by atoms with Crippen molar-refractivity contribution in [2.75, 3.05) is 6.61 Å². The minimum Gasteiger partial charge on any atom is -0.494 e. The largest absolute Gasteiger partial charge is 0.494 e. The second kappa shape index (κ2) is 9.76. The van der Waals surface area contributed by atoms with E-state index in [4.69, 9.17) is 9.84 Å². The SMILES string of the molecule is CCCCCCCCOc1ccc2cc(C=CC(=O)O)ccc2c1. The van der Waals surface area contributed by atoms with Gasteiger partial charge in [-0.25, -0.2) is 4.79 Å². The summed E-state index contributed by atoms with van der Waals surface area (Å²) in [5.74, 6) is -0.0431. The summed E-state index contributed by atoms with van der Waals surface area (Å²) in [6, 6.07) is 11.9. The van der Waals surface area contributed by atoms with Gasteiger partial charge in [0.15, 0.2) is 0 Å². The van der Waals surface area contributed by atoms with Gasteiger partial charge in [-0.15, -0.1) is 0 Å². The van der Waals surface area contributed by atoms with Crippen LogP contribution in [0.5, 0.6) is 5.75 Å². The maximum Gasteiger partial charge on any atom is 0.328 e. The van der Waals surface area contributed by atoms with Crippen molar-refractivity contribution in [1.29, 1.82) is 0 Å². The van der Waals surface area contributed by atoms with Gasteiger partial charge in [0.05, 0.1) is 6.61 Å². The van der Waals surface area contributed by atoms with Gasteiger partial charge in [0.1, 0.15) is 5.75 Å². The number of ether oxygens (including phenoxy) is 1. The van der Waals surface area contributed by atoms with Crippen LogP contribution in [0.15, 0.2) is 42.5 Å². The predicted octanol–water partition coefficient (Wildman–Crippen LogP) is 5.68. The topological polar surface area (TPSA) is 46.5 Å². The number of carbonyl (C=O) groups is 1. The van der Waals surface area contributed by atoms with Gasteiger partial charge in [-0.05, 0) is 47.0 Å². The molecule has 0 bridgehead atoms. The van der Waals surface area contributed by atoms with Crippen LogP contribution in [0, 0.1) is 0 Å². The van der Waals surface area contributed by atoms with Gasteiger partial charge < -0.3 is 9.84 Å². The lowest BCUT2D eigenvalue weighted by Crippen LogP contribution is -1.97. The molecule has 0 aliphatic heterocycles. The maximum atomic E-state index is 10.6. The zero-order valence-corrected chi connectivity index (χ0v) is 14.3. The highest BCUT2D eigenvalue weighted by Gasteiger charge is 1.99. The van der Waals surface area contributed by atoms with Gasteiger partial charge in [-0.1, -0.05) is 57.2 Å². The van der Waals surface area contributed by atoms with Crippen LogP contribution in [0.4, 0.5) is 0 Å². The molecule has 2 rings (SSSR count). The Hall–Kier alpha value is -2.29. The van der Waals surface area contributed by atoms with E-state index in [1.165, 1.54) is 32.1 Å². The van der Waals surface area contributed by atoms with Gasteiger partial charge in [0, 0.05) is 6.08 Å². The number of carboxylic acid groups (broad SMARTS) is 1. The van der Waals surface area contributed by atoms with Crippen LogP contribution in [-0.2, 0) is 4.79 Å². The van der Waals surface area contributed by atoms with Crippen LogP contribution >= 0.6 is 0 Å². The molecule has 2 aromatic rings. The quantitative estimate of drug-likeness (QED) is 0.451. The zero-order valence-electron chi connectivity index (χ0n) is 14.3. The van der Waals surface area contributed by atoms with E-state index in [0.717, 1.165) is 41.2 Å². The van der Waals surface area contributed by atoms with Crippen LogP contribution < -0.4 is 4.74 Å². The summed E-state index contributed by atoms with van der Waals surface area (Å²) in [7, 11) is 0. The first-order chi connectivity index (χ1) is 11.7. The lowest BCUT2D eigenvalue weighted by molar-refractivity contribution is -0.131. The minimum atomic E-state index is -0.937. The van der Waals surface area contributed by atoms with Crippen molar-refractivity contribution in [1.82, 2.24) is 0 Å². The highest BCUT2D eigenvalue weighted by Crippen LogP contribution is 2.23. The van der Waals surface area contributed by atoms with Crippen LogP contribution in [0.3, 0.4) is 0 Å². The Morgan fingerprint density at radius 3 is 2.50 bits per heavy atom. The highest BCUT2D eigenvalue weighted by molar-refractivity contribution is 5.89. The van der Waals surface area contributed by atoms with E-state index in [-0.39, 0.29) is 0 Å². The Bertz CT molecular complexity index is 689. The molecule has 0 amide bonds. The Morgan fingerprint density at radius 2 is 1.71 bits per heavy atom.